The molecule has 0 aliphatic carbocycles. The molecule has 0 aromatic heterocycles. The first-order chi connectivity index (χ1) is 17.7. The third-order valence-electron chi connectivity index (χ3n) is 7.31. The van der Waals surface area contributed by atoms with E-state index in [0.29, 0.717) is 12.0 Å². The van der Waals surface area contributed by atoms with Crippen molar-refractivity contribution in [3.8, 4) is 0 Å². The van der Waals surface area contributed by atoms with Crippen molar-refractivity contribution < 1.29 is 39.5 Å². The van der Waals surface area contributed by atoms with Gasteiger partial charge >= 0.3 is 11.9 Å². The second-order valence-corrected chi connectivity index (χ2v) is 10.1. The van der Waals surface area contributed by atoms with Crippen LogP contribution in [0.25, 0.3) is 0 Å². The van der Waals surface area contributed by atoms with Crippen molar-refractivity contribution in [3.05, 3.63) is 35.9 Å². The summed E-state index contributed by atoms with van der Waals surface area (Å²) in [6, 6.07) is 8.69. The number of hydrogen-bond donors (Lipinski definition) is 5. The lowest BCUT2D eigenvalue weighted by molar-refractivity contribution is -0.251. The molecule has 0 bridgehead atoms. The molecule has 7 N–H and O–H groups in total. The molecule has 0 saturated carbocycles. The van der Waals surface area contributed by atoms with Crippen molar-refractivity contribution >= 4 is 11.9 Å². The van der Waals surface area contributed by atoms with E-state index in [4.69, 9.17) is 9.47 Å². The number of aliphatic carboxylic acids is 2. The van der Waals surface area contributed by atoms with Gasteiger partial charge in [-0.3, -0.25) is 0 Å². The summed E-state index contributed by atoms with van der Waals surface area (Å²) < 4.78 is 11.5. The van der Waals surface area contributed by atoms with Crippen LogP contribution < -0.4 is 6.15 Å². The number of carbonyl (C=O) groups is 2. The monoisotopic (exact) mass is 541 g/mol. The van der Waals surface area contributed by atoms with Gasteiger partial charge in [0, 0.05) is 20.1 Å². The fraction of sp³-hybridized carbons (Fsp3) is 0.724. The van der Waals surface area contributed by atoms with Gasteiger partial charge in [0.05, 0.1) is 0 Å². The van der Waals surface area contributed by atoms with E-state index in [-0.39, 0.29) is 19.2 Å². The molecule has 1 aromatic rings. The summed E-state index contributed by atoms with van der Waals surface area (Å²) in [5, 5.41) is 40.6. The van der Waals surface area contributed by atoms with Crippen LogP contribution in [-0.4, -0.2) is 69.5 Å². The largest absolute Gasteiger partial charge is 0.479 e. The van der Waals surface area contributed by atoms with Gasteiger partial charge in [-0.2, -0.15) is 0 Å². The van der Waals surface area contributed by atoms with Crippen LogP contribution in [0.15, 0.2) is 30.3 Å². The minimum absolute atomic E-state index is 0. The van der Waals surface area contributed by atoms with Gasteiger partial charge in [-0.15, -0.1) is 0 Å². The van der Waals surface area contributed by atoms with Crippen molar-refractivity contribution in [2.24, 2.45) is 0 Å². The van der Waals surface area contributed by atoms with Crippen molar-refractivity contribution in [1.82, 2.24) is 6.15 Å². The molecule has 0 spiro atoms. The van der Waals surface area contributed by atoms with E-state index in [1.54, 1.807) is 30.3 Å². The standard InChI is InChI=1S/C29H48O8.H3N/c1-4-5-6-7-8-9-10-11-12-13-14-18-21-37-28(2,25(31)24(30)26(32)33)29(36-3,27(34)35)22-23-19-16-15-17-20-23;/h15-17,19-20,24-25,30-31H,4-14,18,21-22H2,1-3H3,(H,32,33)(H,34,35);1H3/t24?,25?,28?,29-;/m0./s1. The number of aliphatic hydroxyl groups is 2. The first-order valence-corrected chi connectivity index (χ1v) is 13.7. The quantitative estimate of drug-likeness (QED) is 0.125. The average molecular weight is 542 g/mol. The number of unbranched alkanes of at least 4 members (excludes halogenated alkanes) is 11. The highest BCUT2D eigenvalue weighted by Gasteiger charge is 2.62. The SMILES string of the molecule is CCCCCCCCCCCCCCOC(C)(C(O)C(O)C(=O)O)[C@@](Cc1ccccc1)(OC)C(=O)O.N. The highest BCUT2D eigenvalue weighted by molar-refractivity contribution is 5.81. The summed E-state index contributed by atoms with van der Waals surface area (Å²) in [6.45, 7) is 3.60. The molecule has 0 amide bonds. The number of carboxylic acids is 2. The molecule has 220 valence electrons. The molecule has 0 fully saturated rings. The highest BCUT2D eigenvalue weighted by atomic mass is 16.6. The normalized spacial score (nSPS) is 16.0. The molecule has 9 heteroatoms. The van der Waals surface area contributed by atoms with Crippen LogP contribution in [-0.2, 0) is 25.5 Å². The molecular weight excluding hydrogens is 490 g/mol. The Morgan fingerprint density at radius 1 is 0.842 bits per heavy atom. The lowest BCUT2D eigenvalue weighted by atomic mass is 9.74. The van der Waals surface area contributed by atoms with Gasteiger partial charge in [0.15, 0.2) is 11.7 Å². The second-order valence-electron chi connectivity index (χ2n) is 10.1. The number of hydrogen-bond acceptors (Lipinski definition) is 7. The Balaban J connectivity index is 0.0000137. The van der Waals surface area contributed by atoms with Gasteiger partial charge in [-0.25, -0.2) is 9.59 Å². The number of aliphatic hydroxyl groups excluding tert-OH is 2. The molecule has 38 heavy (non-hydrogen) atoms. The molecule has 0 aliphatic heterocycles. The van der Waals surface area contributed by atoms with Crippen LogP contribution >= 0.6 is 0 Å². The van der Waals surface area contributed by atoms with Gasteiger partial charge < -0.3 is 36.1 Å². The van der Waals surface area contributed by atoms with E-state index in [9.17, 15) is 30.0 Å². The maximum atomic E-state index is 12.6. The van der Waals surface area contributed by atoms with E-state index in [0.717, 1.165) is 19.3 Å². The van der Waals surface area contributed by atoms with Gasteiger partial charge in [0.25, 0.3) is 0 Å². The lowest BCUT2D eigenvalue weighted by Crippen LogP contribution is -2.69. The zero-order valence-electron chi connectivity index (χ0n) is 23.6. The number of carboxylic acid groups (broad SMARTS) is 2. The minimum atomic E-state index is -2.25. The molecule has 1 aromatic carbocycles. The molecule has 0 radical (unpaired) electrons. The fourth-order valence-electron chi connectivity index (χ4n) is 4.81. The average Bonchev–Trinajstić information content (AvgIpc) is 2.89. The van der Waals surface area contributed by atoms with Crippen LogP contribution in [0.4, 0.5) is 0 Å². The van der Waals surface area contributed by atoms with Crippen LogP contribution in [0, 0.1) is 0 Å². The predicted molar refractivity (Wildman–Crippen MR) is 148 cm³/mol. The molecule has 3 unspecified atom stereocenters. The van der Waals surface area contributed by atoms with Gasteiger partial charge in [-0.1, -0.05) is 108 Å². The zero-order valence-corrected chi connectivity index (χ0v) is 23.6. The first-order valence-electron chi connectivity index (χ1n) is 13.7. The summed E-state index contributed by atoms with van der Waals surface area (Å²) in [6.07, 6.45) is 9.27. The number of ether oxygens (including phenoxy) is 2. The maximum absolute atomic E-state index is 12.6. The predicted octanol–water partition coefficient (Wildman–Crippen LogP) is 5.14. The minimum Gasteiger partial charge on any atom is -0.479 e. The van der Waals surface area contributed by atoms with Crippen molar-refractivity contribution in [3.63, 3.8) is 0 Å². The summed E-state index contributed by atoms with van der Waals surface area (Å²) in [7, 11) is 1.18. The van der Waals surface area contributed by atoms with Gasteiger partial charge in [0.1, 0.15) is 11.7 Å². The topological polar surface area (TPSA) is 169 Å². The van der Waals surface area contributed by atoms with Crippen molar-refractivity contribution in [1.29, 1.82) is 0 Å². The Hall–Kier alpha value is -2.04. The van der Waals surface area contributed by atoms with E-state index in [2.05, 4.69) is 6.92 Å². The lowest BCUT2D eigenvalue weighted by Gasteiger charge is -2.47. The first kappa shape index (κ1) is 36.0. The second kappa shape index (κ2) is 19.1. The van der Waals surface area contributed by atoms with E-state index >= 15 is 0 Å². The van der Waals surface area contributed by atoms with Crippen LogP contribution in [0.2, 0.25) is 0 Å². The van der Waals surface area contributed by atoms with Crippen LogP contribution in [0.1, 0.15) is 96.5 Å². The van der Waals surface area contributed by atoms with Crippen LogP contribution in [0.3, 0.4) is 0 Å². The van der Waals surface area contributed by atoms with Crippen LogP contribution in [0.5, 0.6) is 0 Å². The molecule has 9 nitrogen and oxygen atoms in total. The smallest absolute Gasteiger partial charge is 0.339 e. The number of benzene rings is 1. The summed E-state index contributed by atoms with van der Waals surface area (Å²) >= 11 is 0. The van der Waals surface area contributed by atoms with E-state index in [1.807, 2.05) is 0 Å². The zero-order chi connectivity index (χ0) is 27.7. The van der Waals surface area contributed by atoms with Gasteiger partial charge in [0.2, 0.25) is 0 Å². The Bertz CT molecular complexity index is 777. The number of rotatable bonds is 22. The molecule has 0 aliphatic rings. The third-order valence-corrected chi connectivity index (χ3v) is 7.31. The molecular formula is C29H51NO8. The Kier molecular flexibility index (Phi) is 18.1. The van der Waals surface area contributed by atoms with E-state index < -0.39 is 35.3 Å². The maximum Gasteiger partial charge on any atom is 0.339 e. The molecule has 0 saturated heterocycles. The Morgan fingerprint density at radius 2 is 1.32 bits per heavy atom. The molecule has 1 rings (SSSR count). The van der Waals surface area contributed by atoms with Gasteiger partial charge in [-0.05, 0) is 18.9 Å². The third kappa shape index (κ3) is 10.6. The van der Waals surface area contributed by atoms with E-state index in [1.165, 1.54) is 65.4 Å². The Morgan fingerprint density at radius 3 is 1.74 bits per heavy atom. The van der Waals surface area contributed by atoms with Crippen molar-refractivity contribution in [2.75, 3.05) is 13.7 Å². The number of methoxy groups -OCH3 is 1. The summed E-state index contributed by atoms with van der Waals surface area (Å²) in [4.78, 5) is 24.1. The summed E-state index contributed by atoms with van der Waals surface area (Å²) in [5.74, 6) is -3.10. The molecule has 0 heterocycles. The van der Waals surface area contributed by atoms with Crippen molar-refractivity contribution in [2.45, 2.75) is 121 Å². The highest BCUT2D eigenvalue weighted by Crippen LogP contribution is 2.38. The Labute approximate surface area is 228 Å². The molecule has 4 atom stereocenters. The fourth-order valence-corrected chi connectivity index (χ4v) is 4.81. The summed E-state index contributed by atoms with van der Waals surface area (Å²) in [5.41, 5.74) is -3.61.